The van der Waals surface area contributed by atoms with Crippen molar-refractivity contribution < 1.29 is 4.79 Å². The van der Waals surface area contributed by atoms with Crippen LogP contribution in [0.25, 0.3) is 0 Å². The van der Waals surface area contributed by atoms with E-state index in [1.54, 1.807) is 12.3 Å². The lowest BCUT2D eigenvalue weighted by Gasteiger charge is -2.07. The summed E-state index contributed by atoms with van der Waals surface area (Å²) >= 11 is 1.92. The van der Waals surface area contributed by atoms with Crippen LogP contribution in [0.1, 0.15) is 42.0 Å². The number of hydrogen-bond acceptors (Lipinski definition) is 4. The van der Waals surface area contributed by atoms with E-state index in [0.717, 1.165) is 23.1 Å². The maximum atomic E-state index is 10.5. The van der Waals surface area contributed by atoms with Crippen molar-refractivity contribution in [3.63, 3.8) is 0 Å². The Kier molecular flexibility index (Phi) is 3.72. The number of nitrogens with zero attached hydrogens (tertiary/aromatic N) is 2. The van der Waals surface area contributed by atoms with Crippen LogP contribution in [0, 0.1) is 0 Å². The van der Waals surface area contributed by atoms with Crippen LogP contribution in [0.3, 0.4) is 0 Å². The van der Waals surface area contributed by atoms with Crippen molar-refractivity contribution in [2.45, 2.75) is 36.7 Å². The molecule has 0 bridgehead atoms. The highest BCUT2D eigenvalue weighted by atomic mass is 32.2. The molecule has 80 valence electrons. The zero-order valence-corrected chi connectivity index (χ0v) is 9.37. The minimum atomic E-state index is 0.479. The molecule has 0 spiro atoms. The Balaban J connectivity index is 1.89. The standard InChI is InChI=1S/C11H14N2OS/c14-7-9-5-6-12-11(13-9)8-15-10-3-1-2-4-10/h5-7,10H,1-4,8H2. The van der Waals surface area contributed by atoms with Crippen LogP contribution < -0.4 is 0 Å². The minimum absolute atomic E-state index is 0.479. The van der Waals surface area contributed by atoms with E-state index in [-0.39, 0.29) is 0 Å². The highest BCUT2D eigenvalue weighted by molar-refractivity contribution is 7.99. The molecule has 0 aliphatic heterocycles. The molecule has 1 heterocycles. The lowest BCUT2D eigenvalue weighted by Crippen LogP contribution is -2.00. The van der Waals surface area contributed by atoms with Gasteiger partial charge in [0.2, 0.25) is 0 Å². The molecule has 1 aliphatic rings. The Morgan fingerprint density at radius 1 is 1.47 bits per heavy atom. The first kappa shape index (κ1) is 10.6. The van der Waals surface area contributed by atoms with Crippen LogP contribution in [-0.2, 0) is 5.75 Å². The zero-order valence-electron chi connectivity index (χ0n) is 8.56. The van der Waals surface area contributed by atoms with Gasteiger partial charge in [0, 0.05) is 11.4 Å². The van der Waals surface area contributed by atoms with Gasteiger partial charge in [-0.2, -0.15) is 11.8 Å². The second-order valence-electron chi connectivity index (χ2n) is 3.73. The summed E-state index contributed by atoms with van der Waals surface area (Å²) in [6, 6.07) is 1.64. The molecule has 1 saturated carbocycles. The lowest BCUT2D eigenvalue weighted by atomic mass is 10.4. The second kappa shape index (κ2) is 5.26. The summed E-state index contributed by atoms with van der Waals surface area (Å²) in [4.78, 5) is 18.8. The largest absolute Gasteiger partial charge is 0.296 e. The lowest BCUT2D eigenvalue weighted by molar-refractivity contribution is 0.111. The molecule has 0 aromatic carbocycles. The molecule has 1 aromatic rings. The molecule has 1 aromatic heterocycles. The van der Waals surface area contributed by atoms with E-state index in [1.807, 2.05) is 11.8 Å². The van der Waals surface area contributed by atoms with Crippen molar-refractivity contribution in [3.8, 4) is 0 Å². The van der Waals surface area contributed by atoms with Gasteiger partial charge < -0.3 is 0 Å². The molecule has 0 unspecified atom stereocenters. The quantitative estimate of drug-likeness (QED) is 0.734. The molecule has 0 N–H and O–H groups in total. The molecule has 0 atom stereocenters. The smallest absolute Gasteiger partial charge is 0.168 e. The summed E-state index contributed by atoms with van der Waals surface area (Å²) in [5, 5.41) is 0.772. The highest BCUT2D eigenvalue weighted by Gasteiger charge is 2.15. The van der Waals surface area contributed by atoms with Crippen LogP contribution in [0.2, 0.25) is 0 Å². The Hall–Kier alpha value is -0.900. The van der Waals surface area contributed by atoms with Crippen LogP contribution in [0.5, 0.6) is 0 Å². The molecule has 15 heavy (non-hydrogen) atoms. The van der Waals surface area contributed by atoms with Crippen molar-refractivity contribution in [2.24, 2.45) is 0 Å². The van der Waals surface area contributed by atoms with E-state index in [0.29, 0.717) is 5.69 Å². The topological polar surface area (TPSA) is 42.9 Å². The van der Waals surface area contributed by atoms with Gasteiger partial charge in [-0.15, -0.1) is 0 Å². The van der Waals surface area contributed by atoms with Crippen LogP contribution in [0.15, 0.2) is 12.3 Å². The molecule has 2 rings (SSSR count). The highest BCUT2D eigenvalue weighted by Crippen LogP contribution is 2.30. The van der Waals surface area contributed by atoms with E-state index in [9.17, 15) is 4.79 Å². The number of aromatic nitrogens is 2. The third kappa shape index (κ3) is 3.02. The summed E-state index contributed by atoms with van der Waals surface area (Å²) in [7, 11) is 0. The fourth-order valence-corrected chi connectivity index (χ4v) is 2.99. The van der Waals surface area contributed by atoms with E-state index >= 15 is 0 Å². The fraction of sp³-hybridized carbons (Fsp3) is 0.545. The first-order valence-electron chi connectivity index (χ1n) is 5.27. The summed E-state index contributed by atoms with van der Waals surface area (Å²) in [5.74, 6) is 1.60. The molecule has 1 aliphatic carbocycles. The van der Waals surface area contributed by atoms with E-state index in [4.69, 9.17) is 0 Å². The number of carbonyl (C=O) groups is 1. The van der Waals surface area contributed by atoms with Gasteiger partial charge in [0.15, 0.2) is 6.29 Å². The molecule has 3 nitrogen and oxygen atoms in total. The molecular weight excluding hydrogens is 208 g/mol. The number of thioether (sulfide) groups is 1. The average molecular weight is 222 g/mol. The Bertz CT molecular complexity index is 337. The van der Waals surface area contributed by atoms with Gasteiger partial charge >= 0.3 is 0 Å². The first-order valence-corrected chi connectivity index (χ1v) is 6.32. The van der Waals surface area contributed by atoms with Gasteiger partial charge in [-0.25, -0.2) is 9.97 Å². The molecule has 4 heteroatoms. The summed E-state index contributed by atoms with van der Waals surface area (Å²) in [6.45, 7) is 0. The van der Waals surface area contributed by atoms with Gasteiger partial charge in [0.1, 0.15) is 11.5 Å². The van der Waals surface area contributed by atoms with Crippen molar-refractivity contribution >= 4 is 18.0 Å². The number of rotatable bonds is 4. The van der Waals surface area contributed by atoms with Gasteiger partial charge in [-0.3, -0.25) is 4.79 Å². The predicted octanol–water partition coefficient (Wildman–Crippen LogP) is 2.46. The second-order valence-corrected chi connectivity index (χ2v) is 5.02. The maximum Gasteiger partial charge on any atom is 0.168 e. The Labute approximate surface area is 93.7 Å². The molecule has 0 amide bonds. The van der Waals surface area contributed by atoms with Crippen molar-refractivity contribution in [2.75, 3.05) is 0 Å². The van der Waals surface area contributed by atoms with Crippen LogP contribution in [-0.4, -0.2) is 21.5 Å². The van der Waals surface area contributed by atoms with Crippen molar-refractivity contribution in [3.05, 3.63) is 23.8 Å². The average Bonchev–Trinajstić information content (AvgIpc) is 2.79. The van der Waals surface area contributed by atoms with Crippen LogP contribution in [0.4, 0.5) is 0 Å². The normalized spacial score (nSPS) is 16.8. The minimum Gasteiger partial charge on any atom is -0.296 e. The van der Waals surface area contributed by atoms with Gasteiger partial charge in [0.05, 0.1) is 5.75 Å². The number of hydrogen-bond donors (Lipinski definition) is 0. The summed E-state index contributed by atoms with van der Waals surface area (Å²) in [5.41, 5.74) is 0.479. The van der Waals surface area contributed by atoms with Gasteiger partial charge in [0.25, 0.3) is 0 Å². The summed E-state index contributed by atoms with van der Waals surface area (Å²) < 4.78 is 0. The van der Waals surface area contributed by atoms with E-state index < -0.39 is 0 Å². The SMILES string of the molecule is O=Cc1ccnc(CSC2CCCC2)n1. The van der Waals surface area contributed by atoms with E-state index in [1.165, 1.54) is 25.7 Å². The van der Waals surface area contributed by atoms with Gasteiger partial charge in [-0.05, 0) is 18.9 Å². The molecule has 0 radical (unpaired) electrons. The van der Waals surface area contributed by atoms with Crippen LogP contribution >= 0.6 is 11.8 Å². The van der Waals surface area contributed by atoms with E-state index in [2.05, 4.69) is 9.97 Å². The zero-order chi connectivity index (χ0) is 10.5. The number of carbonyl (C=O) groups excluding carboxylic acids is 1. The first-order chi connectivity index (χ1) is 7.38. The Morgan fingerprint density at radius 3 is 3.00 bits per heavy atom. The van der Waals surface area contributed by atoms with Crippen molar-refractivity contribution in [1.29, 1.82) is 0 Å². The third-order valence-electron chi connectivity index (χ3n) is 2.60. The monoisotopic (exact) mass is 222 g/mol. The number of aldehydes is 1. The van der Waals surface area contributed by atoms with Crippen molar-refractivity contribution in [1.82, 2.24) is 9.97 Å². The molecule has 1 fully saturated rings. The molecule has 0 saturated heterocycles. The fourth-order valence-electron chi connectivity index (χ4n) is 1.80. The summed E-state index contributed by atoms with van der Waals surface area (Å²) in [6.07, 6.45) is 7.77. The van der Waals surface area contributed by atoms with Gasteiger partial charge in [-0.1, -0.05) is 12.8 Å². The predicted molar refractivity (Wildman–Crippen MR) is 61.0 cm³/mol. The Morgan fingerprint density at radius 2 is 2.27 bits per heavy atom. The third-order valence-corrected chi connectivity index (χ3v) is 3.97. The maximum absolute atomic E-state index is 10.5. The molecular formula is C11H14N2OS.